The summed E-state index contributed by atoms with van der Waals surface area (Å²) in [4.78, 5) is 27.1. The number of hydrogen-bond acceptors (Lipinski definition) is 5. The van der Waals surface area contributed by atoms with Crippen LogP contribution in [0.15, 0.2) is 82.7 Å². The molecule has 0 unspecified atom stereocenters. The van der Waals surface area contributed by atoms with Gasteiger partial charge in [0.15, 0.2) is 10.9 Å². The number of benzene rings is 3. The second-order valence-corrected chi connectivity index (χ2v) is 7.04. The molecule has 0 bridgehead atoms. The molecule has 0 radical (unpaired) electrons. The van der Waals surface area contributed by atoms with Crippen LogP contribution in [0.4, 0.5) is 5.69 Å². The maximum Gasteiger partial charge on any atom is 0.278 e. The van der Waals surface area contributed by atoms with Crippen molar-refractivity contribution in [2.75, 3.05) is 11.1 Å². The topological polar surface area (TPSA) is 87.7 Å². The lowest BCUT2D eigenvalue weighted by Crippen LogP contribution is -2.17. The van der Waals surface area contributed by atoms with E-state index in [1.807, 2.05) is 60.7 Å². The van der Waals surface area contributed by atoms with Crippen LogP contribution in [0, 0.1) is 0 Å². The van der Waals surface area contributed by atoms with Crippen LogP contribution < -0.4 is 10.9 Å². The van der Waals surface area contributed by atoms with Gasteiger partial charge in [-0.3, -0.25) is 14.6 Å². The normalized spacial score (nSPS) is 10.7. The van der Waals surface area contributed by atoms with E-state index in [4.69, 9.17) is 0 Å². The van der Waals surface area contributed by atoms with E-state index in [1.165, 1.54) is 0 Å². The highest BCUT2D eigenvalue weighted by molar-refractivity contribution is 7.99. The lowest BCUT2D eigenvalue weighted by molar-refractivity contribution is -0.113. The van der Waals surface area contributed by atoms with E-state index in [9.17, 15) is 9.59 Å². The maximum absolute atomic E-state index is 12.2. The van der Waals surface area contributed by atoms with Crippen LogP contribution in [0.2, 0.25) is 0 Å². The van der Waals surface area contributed by atoms with Crippen LogP contribution in [-0.4, -0.2) is 26.8 Å². The van der Waals surface area contributed by atoms with E-state index >= 15 is 0 Å². The van der Waals surface area contributed by atoms with Crippen LogP contribution in [-0.2, 0) is 4.79 Å². The summed E-state index contributed by atoms with van der Waals surface area (Å²) in [5.74, 6) is -0.0719. The Labute approximate surface area is 165 Å². The number of hydrogen-bond donors (Lipinski definition) is 2. The summed E-state index contributed by atoms with van der Waals surface area (Å²) in [7, 11) is 0. The highest BCUT2D eigenvalue weighted by Crippen LogP contribution is 2.19. The van der Waals surface area contributed by atoms with Gasteiger partial charge in [0.1, 0.15) is 0 Å². The lowest BCUT2D eigenvalue weighted by atomic mass is 10.1. The number of anilines is 1. The number of rotatable bonds is 5. The number of aromatic nitrogens is 3. The third-order valence-corrected chi connectivity index (χ3v) is 4.96. The van der Waals surface area contributed by atoms with Crippen LogP contribution in [0.1, 0.15) is 0 Å². The molecule has 0 atom stereocenters. The molecule has 6 nitrogen and oxygen atoms in total. The number of amides is 1. The molecule has 0 saturated heterocycles. The Morgan fingerprint density at radius 3 is 2.46 bits per heavy atom. The summed E-state index contributed by atoms with van der Waals surface area (Å²) < 4.78 is 0. The Morgan fingerprint density at radius 1 is 0.929 bits per heavy atom. The summed E-state index contributed by atoms with van der Waals surface area (Å²) >= 11 is 1.13. The summed E-state index contributed by atoms with van der Waals surface area (Å²) in [6.45, 7) is 0. The number of aromatic amines is 1. The smallest absolute Gasteiger partial charge is 0.278 e. The van der Waals surface area contributed by atoms with E-state index in [0.717, 1.165) is 28.2 Å². The maximum atomic E-state index is 12.2. The molecule has 0 aliphatic carbocycles. The summed E-state index contributed by atoms with van der Waals surface area (Å²) in [5, 5.41) is 13.3. The summed E-state index contributed by atoms with van der Waals surface area (Å²) in [6.07, 6.45) is 0. The minimum atomic E-state index is -0.335. The predicted octanol–water partition coefficient (Wildman–Crippen LogP) is 3.72. The fraction of sp³-hybridized carbons (Fsp3) is 0.0476. The molecular weight excluding hydrogens is 372 g/mol. The zero-order chi connectivity index (χ0) is 19.3. The Bertz CT molecular complexity index is 1190. The van der Waals surface area contributed by atoms with Gasteiger partial charge in [0.25, 0.3) is 5.56 Å². The van der Waals surface area contributed by atoms with Crippen molar-refractivity contribution in [2.45, 2.75) is 5.16 Å². The molecule has 0 fully saturated rings. The Balaban J connectivity index is 1.40. The molecule has 138 valence electrons. The fourth-order valence-electron chi connectivity index (χ4n) is 2.77. The van der Waals surface area contributed by atoms with Gasteiger partial charge in [0.2, 0.25) is 5.91 Å². The van der Waals surface area contributed by atoms with Crippen molar-refractivity contribution in [1.29, 1.82) is 0 Å². The molecule has 7 heteroatoms. The van der Waals surface area contributed by atoms with Crippen molar-refractivity contribution >= 4 is 34.1 Å². The zero-order valence-electron chi connectivity index (χ0n) is 14.8. The largest absolute Gasteiger partial charge is 0.325 e. The van der Waals surface area contributed by atoms with Gasteiger partial charge in [0, 0.05) is 11.3 Å². The predicted molar refractivity (Wildman–Crippen MR) is 111 cm³/mol. The third-order valence-electron chi connectivity index (χ3n) is 4.10. The molecule has 0 aliphatic rings. The fourth-order valence-corrected chi connectivity index (χ4v) is 3.37. The summed E-state index contributed by atoms with van der Waals surface area (Å²) in [6, 6.07) is 22.8. The Morgan fingerprint density at radius 2 is 1.68 bits per heavy atom. The third kappa shape index (κ3) is 4.10. The highest BCUT2D eigenvalue weighted by Gasteiger charge is 2.10. The molecule has 3 aromatic carbocycles. The first-order valence-corrected chi connectivity index (χ1v) is 9.61. The number of carbonyl (C=O) groups excluding carboxylic acids is 1. The second-order valence-electron chi connectivity index (χ2n) is 6.07. The average molecular weight is 388 g/mol. The van der Waals surface area contributed by atoms with Crippen LogP contribution in [0.25, 0.3) is 22.0 Å². The molecule has 0 saturated carbocycles. The number of nitrogens with one attached hydrogen (secondary N) is 2. The van der Waals surface area contributed by atoms with Gasteiger partial charge < -0.3 is 5.32 Å². The van der Waals surface area contributed by atoms with Crippen molar-refractivity contribution in [3.63, 3.8) is 0 Å². The van der Waals surface area contributed by atoms with Crippen molar-refractivity contribution in [3.8, 4) is 11.3 Å². The quantitative estimate of drug-likeness (QED) is 0.509. The SMILES string of the molecule is O=C(CSc1nnc(-c2ccccc2)c(=O)[nH]1)Nc1ccc2ccccc2c1. The number of carbonyl (C=O) groups is 1. The van der Waals surface area contributed by atoms with Crippen molar-refractivity contribution in [2.24, 2.45) is 0 Å². The van der Waals surface area contributed by atoms with Gasteiger partial charge in [-0.25, -0.2) is 0 Å². The molecule has 0 spiro atoms. The van der Waals surface area contributed by atoms with Crippen molar-refractivity contribution in [3.05, 3.63) is 83.2 Å². The van der Waals surface area contributed by atoms with Gasteiger partial charge in [-0.2, -0.15) is 0 Å². The van der Waals surface area contributed by atoms with Gasteiger partial charge in [-0.05, 0) is 22.9 Å². The lowest BCUT2D eigenvalue weighted by Gasteiger charge is -2.06. The van der Waals surface area contributed by atoms with Gasteiger partial charge in [0.05, 0.1) is 5.75 Å². The average Bonchev–Trinajstić information content (AvgIpc) is 2.73. The Kier molecular flexibility index (Phi) is 5.16. The number of fused-ring (bicyclic) bond motifs is 1. The van der Waals surface area contributed by atoms with Crippen molar-refractivity contribution in [1.82, 2.24) is 15.2 Å². The standard InChI is InChI=1S/C21H16N4O2S/c26-18(22-17-11-10-14-6-4-5-9-16(14)12-17)13-28-21-23-20(27)19(24-25-21)15-7-2-1-3-8-15/h1-12H,13H2,(H,22,26)(H,23,25,27). The Hall–Kier alpha value is -3.45. The van der Waals surface area contributed by atoms with E-state index in [1.54, 1.807) is 12.1 Å². The number of thioether (sulfide) groups is 1. The molecular formula is C21H16N4O2S. The molecule has 1 amide bonds. The van der Waals surface area contributed by atoms with E-state index in [-0.39, 0.29) is 22.9 Å². The monoisotopic (exact) mass is 388 g/mol. The van der Waals surface area contributed by atoms with Crippen LogP contribution in [0.3, 0.4) is 0 Å². The minimum Gasteiger partial charge on any atom is -0.325 e. The van der Waals surface area contributed by atoms with Gasteiger partial charge >= 0.3 is 0 Å². The molecule has 28 heavy (non-hydrogen) atoms. The number of H-pyrrole nitrogens is 1. The van der Waals surface area contributed by atoms with Gasteiger partial charge in [-0.1, -0.05) is 72.4 Å². The van der Waals surface area contributed by atoms with E-state index < -0.39 is 0 Å². The van der Waals surface area contributed by atoms with E-state index in [2.05, 4.69) is 20.5 Å². The molecule has 4 aromatic rings. The first kappa shape index (κ1) is 17.9. The summed E-state index contributed by atoms with van der Waals surface area (Å²) in [5.41, 5.74) is 1.34. The van der Waals surface area contributed by atoms with Crippen LogP contribution in [0.5, 0.6) is 0 Å². The minimum absolute atomic E-state index is 0.113. The zero-order valence-corrected chi connectivity index (χ0v) is 15.6. The molecule has 1 aromatic heterocycles. The molecule has 1 heterocycles. The molecule has 2 N–H and O–H groups in total. The first-order valence-electron chi connectivity index (χ1n) is 8.63. The van der Waals surface area contributed by atoms with Crippen LogP contribution >= 0.6 is 11.8 Å². The van der Waals surface area contributed by atoms with Gasteiger partial charge in [-0.15, -0.1) is 10.2 Å². The molecule has 0 aliphatic heterocycles. The van der Waals surface area contributed by atoms with E-state index in [0.29, 0.717) is 10.7 Å². The molecule has 4 rings (SSSR count). The van der Waals surface area contributed by atoms with Crippen molar-refractivity contribution < 1.29 is 4.79 Å². The second kappa shape index (κ2) is 8.06. The number of nitrogens with zero attached hydrogens (tertiary/aromatic N) is 2. The highest BCUT2D eigenvalue weighted by atomic mass is 32.2. The first-order chi connectivity index (χ1) is 13.7.